The summed E-state index contributed by atoms with van der Waals surface area (Å²) in [6.07, 6.45) is 1.20. The van der Waals surface area contributed by atoms with Crippen molar-refractivity contribution >= 4 is 5.91 Å². The lowest BCUT2D eigenvalue weighted by molar-refractivity contribution is 0.0936. The van der Waals surface area contributed by atoms with Gasteiger partial charge in [-0.25, -0.2) is 4.39 Å². The lowest BCUT2D eigenvalue weighted by Crippen LogP contribution is -2.38. The van der Waals surface area contributed by atoms with Crippen molar-refractivity contribution in [1.82, 2.24) is 5.32 Å². The van der Waals surface area contributed by atoms with E-state index in [4.69, 9.17) is 14.2 Å². The summed E-state index contributed by atoms with van der Waals surface area (Å²) in [5.74, 6) is 1.49. The standard InChI is InChI=1S/C25H24FNO4/c1-16-3-7-19(14-22(16)26)25(28)27-20(11-17-4-8-21(29-2)9-5-17)12-18-6-10-23-24(13-18)31-15-30-23/h3-10,13-14,20H,11-12,15H2,1-2H3,(H,27,28)/t20-/m0/s1. The third-order valence-electron chi connectivity index (χ3n) is 5.33. The Hall–Kier alpha value is -3.54. The van der Waals surface area contributed by atoms with E-state index in [1.54, 1.807) is 26.2 Å². The van der Waals surface area contributed by atoms with Crippen LogP contribution in [0.15, 0.2) is 60.7 Å². The number of benzene rings is 3. The maximum Gasteiger partial charge on any atom is 0.251 e. The van der Waals surface area contributed by atoms with Crippen molar-refractivity contribution < 1.29 is 23.4 Å². The van der Waals surface area contributed by atoms with Crippen LogP contribution in [0, 0.1) is 12.7 Å². The molecule has 160 valence electrons. The van der Waals surface area contributed by atoms with Crippen LogP contribution >= 0.6 is 0 Å². The maximum absolute atomic E-state index is 14.0. The molecule has 0 fully saturated rings. The zero-order valence-corrected chi connectivity index (χ0v) is 17.5. The average Bonchev–Trinajstić information content (AvgIpc) is 3.24. The predicted molar refractivity (Wildman–Crippen MR) is 115 cm³/mol. The van der Waals surface area contributed by atoms with Gasteiger partial charge in [0.1, 0.15) is 11.6 Å². The Balaban J connectivity index is 1.54. The smallest absolute Gasteiger partial charge is 0.251 e. The van der Waals surface area contributed by atoms with E-state index in [2.05, 4.69) is 5.32 Å². The van der Waals surface area contributed by atoms with Crippen LogP contribution in [0.4, 0.5) is 4.39 Å². The number of halogens is 1. The van der Waals surface area contributed by atoms with Crippen molar-refractivity contribution in [3.8, 4) is 17.2 Å². The van der Waals surface area contributed by atoms with Crippen LogP contribution in [0.25, 0.3) is 0 Å². The second-order valence-corrected chi connectivity index (χ2v) is 7.58. The third-order valence-corrected chi connectivity index (χ3v) is 5.33. The Morgan fingerprint density at radius 3 is 2.45 bits per heavy atom. The monoisotopic (exact) mass is 421 g/mol. The van der Waals surface area contributed by atoms with Gasteiger partial charge in [0.25, 0.3) is 5.91 Å². The van der Waals surface area contributed by atoms with E-state index >= 15 is 0 Å². The predicted octanol–water partition coefficient (Wildman–Crippen LogP) is 4.46. The van der Waals surface area contributed by atoms with Crippen molar-refractivity contribution in [1.29, 1.82) is 0 Å². The molecule has 0 radical (unpaired) electrons. The Bertz CT molecular complexity index is 1080. The number of aryl methyl sites for hydroxylation is 1. The molecule has 0 unspecified atom stereocenters. The Morgan fingerprint density at radius 1 is 1.00 bits per heavy atom. The fraction of sp³-hybridized carbons (Fsp3) is 0.240. The van der Waals surface area contributed by atoms with Gasteiger partial charge in [-0.3, -0.25) is 4.79 Å². The number of methoxy groups -OCH3 is 1. The molecule has 4 rings (SSSR count). The van der Waals surface area contributed by atoms with E-state index in [0.29, 0.717) is 29.7 Å². The average molecular weight is 421 g/mol. The summed E-state index contributed by atoms with van der Waals surface area (Å²) in [6.45, 7) is 1.88. The van der Waals surface area contributed by atoms with Gasteiger partial charge in [-0.15, -0.1) is 0 Å². The van der Waals surface area contributed by atoms with E-state index < -0.39 is 5.82 Å². The number of carbonyl (C=O) groups is 1. The highest BCUT2D eigenvalue weighted by atomic mass is 19.1. The van der Waals surface area contributed by atoms with E-state index in [1.165, 1.54) is 6.07 Å². The van der Waals surface area contributed by atoms with Crippen LogP contribution in [-0.2, 0) is 12.8 Å². The van der Waals surface area contributed by atoms with Crippen LogP contribution < -0.4 is 19.5 Å². The van der Waals surface area contributed by atoms with Gasteiger partial charge in [-0.05, 0) is 72.9 Å². The molecular weight excluding hydrogens is 397 g/mol. The molecule has 0 saturated heterocycles. The van der Waals surface area contributed by atoms with Gasteiger partial charge in [0, 0.05) is 11.6 Å². The number of carbonyl (C=O) groups excluding carboxylic acids is 1. The summed E-state index contributed by atoms with van der Waals surface area (Å²) in [4.78, 5) is 12.8. The number of ether oxygens (including phenoxy) is 3. The Kier molecular flexibility index (Phi) is 6.07. The molecule has 6 heteroatoms. The van der Waals surface area contributed by atoms with Gasteiger partial charge >= 0.3 is 0 Å². The van der Waals surface area contributed by atoms with E-state index in [1.807, 2.05) is 42.5 Å². The highest BCUT2D eigenvalue weighted by Gasteiger charge is 2.19. The second-order valence-electron chi connectivity index (χ2n) is 7.58. The second kappa shape index (κ2) is 9.08. The topological polar surface area (TPSA) is 56.8 Å². The summed E-state index contributed by atoms with van der Waals surface area (Å²) in [5.41, 5.74) is 2.88. The van der Waals surface area contributed by atoms with Gasteiger partial charge in [0.05, 0.1) is 7.11 Å². The molecule has 1 N–H and O–H groups in total. The molecule has 1 aliphatic rings. The molecule has 0 saturated carbocycles. The summed E-state index contributed by atoms with van der Waals surface area (Å²) in [7, 11) is 1.62. The molecule has 1 amide bonds. The molecular formula is C25H24FNO4. The summed E-state index contributed by atoms with van der Waals surface area (Å²) < 4.78 is 30.0. The van der Waals surface area contributed by atoms with Gasteiger partial charge in [0.2, 0.25) is 6.79 Å². The van der Waals surface area contributed by atoms with Crippen LogP contribution in [0.5, 0.6) is 17.2 Å². The van der Waals surface area contributed by atoms with Gasteiger partial charge < -0.3 is 19.5 Å². The first-order chi connectivity index (χ1) is 15.0. The minimum atomic E-state index is -0.393. The quantitative estimate of drug-likeness (QED) is 0.612. The number of hydrogen-bond donors (Lipinski definition) is 1. The van der Waals surface area contributed by atoms with Crippen LogP contribution in [0.2, 0.25) is 0 Å². The largest absolute Gasteiger partial charge is 0.497 e. The molecule has 0 bridgehead atoms. The van der Waals surface area contributed by atoms with E-state index in [-0.39, 0.29) is 18.7 Å². The number of rotatable bonds is 7. The van der Waals surface area contributed by atoms with E-state index in [9.17, 15) is 9.18 Å². The number of fused-ring (bicyclic) bond motifs is 1. The molecule has 0 spiro atoms. The summed E-state index contributed by atoms with van der Waals surface area (Å²) in [6, 6.07) is 17.8. The summed E-state index contributed by atoms with van der Waals surface area (Å²) in [5, 5.41) is 3.06. The Labute approximate surface area is 180 Å². The van der Waals surface area contributed by atoms with Crippen molar-refractivity contribution in [3.63, 3.8) is 0 Å². The number of nitrogens with one attached hydrogen (secondary N) is 1. The van der Waals surface area contributed by atoms with E-state index in [0.717, 1.165) is 22.6 Å². The molecule has 3 aromatic carbocycles. The number of hydrogen-bond acceptors (Lipinski definition) is 4. The van der Waals surface area contributed by atoms with Crippen molar-refractivity contribution in [3.05, 3.63) is 88.7 Å². The molecule has 3 aromatic rings. The first kappa shape index (κ1) is 20.7. The fourth-order valence-corrected chi connectivity index (χ4v) is 3.58. The molecule has 0 aromatic heterocycles. The fourth-order valence-electron chi connectivity index (χ4n) is 3.58. The third kappa shape index (κ3) is 4.97. The molecule has 1 atom stereocenters. The SMILES string of the molecule is COc1ccc(C[C@@H](Cc2ccc3c(c2)OCO3)NC(=O)c2ccc(C)c(F)c2)cc1. The Morgan fingerprint density at radius 2 is 1.71 bits per heavy atom. The first-order valence-corrected chi connectivity index (χ1v) is 10.1. The molecule has 5 nitrogen and oxygen atoms in total. The van der Waals surface area contributed by atoms with Crippen molar-refractivity contribution in [2.24, 2.45) is 0 Å². The number of amides is 1. The molecule has 1 aliphatic heterocycles. The molecule has 1 heterocycles. The lowest BCUT2D eigenvalue weighted by Gasteiger charge is -2.20. The first-order valence-electron chi connectivity index (χ1n) is 10.1. The minimum absolute atomic E-state index is 0.203. The lowest BCUT2D eigenvalue weighted by atomic mass is 9.98. The van der Waals surface area contributed by atoms with Crippen LogP contribution in [0.1, 0.15) is 27.0 Å². The summed E-state index contributed by atoms with van der Waals surface area (Å²) >= 11 is 0. The maximum atomic E-state index is 14.0. The van der Waals surface area contributed by atoms with Crippen LogP contribution in [0.3, 0.4) is 0 Å². The van der Waals surface area contributed by atoms with Crippen molar-refractivity contribution in [2.75, 3.05) is 13.9 Å². The normalized spacial score (nSPS) is 13.0. The van der Waals surface area contributed by atoms with Crippen LogP contribution in [-0.4, -0.2) is 25.9 Å². The van der Waals surface area contributed by atoms with Crippen molar-refractivity contribution in [2.45, 2.75) is 25.8 Å². The minimum Gasteiger partial charge on any atom is -0.497 e. The molecule has 0 aliphatic carbocycles. The zero-order chi connectivity index (χ0) is 21.8. The highest BCUT2D eigenvalue weighted by Crippen LogP contribution is 2.33. The van der Waals surface area contributed by atoms with Gasteiger partial charge in [0.15, 0.2) is 11.5 Å². The van der Waals surface area contributed by atoms with Gasteiger partial charge in [-0.2, -0.15) is 0 Å². The molecule has 31 heavy (non-hydrogen) atoms. The van der Waals surface area contributed by atoms with Gasteiger partial charge in [-0.1, -0.05) is 24.3 Å². The highest BCUT2D eigenvalue weighted by molar-refractivity contribution is 5.94. The zero-order valence-electron chi connectivity index (χ0n) is 17.5.